The van der Waals surface area contributed by atoms with Crippen molar-refractivity contribution in [1.29, 1.82) is 0 Å². The Morgan fingerprint density at radius 1 is 1.39 bits per heavy atom. The number of hydrogen-bond acceptors (Lipinski definition) is 3. The van der Waals surface area contributed by atoms with E-state index in [9.17, 15) is 4.79 Å². The van der Waals surface area contributed by atoms with Crippen LogP contribution in [-0.4, -0.2) is 25.6 Å². The first-order valence-corrected chi connectivity index (χ1v) is 6.36. The fourth-order valence-electron chi connectivity index (χ4n) is 1.59. The van der Waals surface area contributed by atoms with Crippen LogP contribution < -0.4 is 15.4 Å². The molecule has 1 unspecified atom stereocenters. The smallest absolute Gasteiger partial charge is 0.260 e. The lowest BCUT2D eigenvalue weighted by atomic mass is 10.2. The highest BCUT2D eigenvalue weighted by molar-refractivity contribution is 5.80. The summed E-state index contributed by atoms with van der Waals surface area (Å²) in [5, 5.41) is 5.90. The Kier molecular flexibility index (Phi) is 6.22. The normalized spacial score (nSPS) is 11.9. The molecule has 4 heteroatoms. The van der Waals surface area contributed by atoms with Crippen LogP contribution in [0, 0.1) is 0 Å². The quantitative estimate of drug-likeness (QED) is 0.774. The molecule has 0 saturated heterocycles. The molecule has 0 fully saturated rings. The summed E-state index contributed by atoms with van der Waals surface area (Å²) >= 11 is 0. The summed E-state index contributed by atoms with van der Waals surface area (Å²) in [4.78, 5) is 11.7. The predicted molar refractivity (Wildman–Crippen MR) is 72.6 cm³/mol. The zero-order valence-electron chi connectivity index (χ0n) is 11.3. The molecule has 4 nitrogen and oxygen atoms in total. The maximum absolute atomic E-state index is 11.7. The first-order valence-electron chi connectivity index (χ1n) is 6.36. The van der Waals surface area contributed by atoms with E-state index in [1.54, 1.807) is 6.92 Å². The van der Waals surface area contributed by atoms with Gasteiger partial charge < -0.3 is 15.4 Å². The Morgan fingerprint density at radius 2 is 2.11 bits per heavy atom. The molecule has 0 aromatic heterocycles. The fourth-order valence-corrected chi connectivity index (χ4v) is 1.59. The topological polar surface area (TPSA) is 50.4 Å². The number of carbonyl (C=O) groups excluding carboxylic acids is 1. The van der Waals surface area contributed by atoms with Crippen LogP contribution in [0.3, 0.4) is 0 Å². The van der Waals surface area contributed by atoms with Crippen molar-refractivity contribution in [1.82, 2.24) is 10.6 Å². The number of carbonyl (C=O) groups is 1. The summed E-state index contributed by atoms with van der Waals surface area (Å²) < 4.78 is 5.70. The van der Waals surface area contributed by atoms with E-state index in [0.29, 0.717) is 6.54 Å². The number of rotatable bonds is 7. The van der Waals surface area contributed by atoms with Gasteiger partial charge in [0.2, 0.25) is 0 Å². The third-order valence-electron chi connectivity index (χ3n) is 2.56. The zero-order chi connectivity index (χ0) is 13.4. The van der Waals surface area contributed by atoms with Crippen molar-refractivity contribution in [3.63, 3.8) is 0 Å². The van der Waals surface area contributed by atoms with Crippen LogP contribution in [-0.2, 0) is 11.3 Å². The van der Waals surface area contributed by atoms with Crippen molar-refractivity contribution < 1.29 is 9.53 Å². The molecule has 0 spiro atoms. The van der Waals surface area contributed by atoms with Crippen molar-refractivity contribution in [2.24, 2.45) is 0 Å². The maximum atomic E-state index is 11.7. The van der Waals surface area contributed by atoms with Gasteiger partial charge in [-0.05, 0) is 26.5 Å². The maximum Gasteiger partial charge on any atom is 0.260 e. The first kappa shape index (κ1) is 14.5. The summed E-state index contributed by atoms with van der Waals surface area (Å²) in [5.74, 6) is 0.683. The van der Waals surface area contributed by atoms with Gasteiger partial charge in [-0.2, -0.15) is 0 Å². The van der Waals surface area contributed by atoms with E-state index in [4.69, 9.17) is 4.74 Å². The number of para-hydroxylation sites is 1. The molecule has 1 aromatic carbocycles. The lowest BCUT2D eigenvalue weighted by Gasteiger charge is -2.17. The van der Waals surface area contributed by atoms with Gasteiger partial charge in [-0.15, -0.1) is 0 Å². The molecular formula is C14H22N2O2. The number of nitrogens with one attached hydrogen (secondary N) is 2. The van der Waals surface area contributed by atoms with Crippen LogP contribution in [0.5, 0.6) is 5.75 Å². The molecule has 0 bridgehead atoms. The molecule has 1 aromatic rings. The van der Waals surface area contributed by atoms with Crippen LogP contribution in [0.1, 0.15) is 25.8 Å². The summed E-state index contributed by atoms with van der Waals surface area (Å²) in [5.41, 5.74) is 1.05. The summed E-state index contributed by atoms with van der Waals surface area (Å²) in [6.07, 6.45) is 0.448. The third kappa shape index (κ3) is 4.37. The Bertz CT molecular complexity index is 380. The molecule has 0 radical (unpaired) electrons. The van der Waals surface area contributed by atoms with E-state index >= 15 is 0 Å². The second-order valence-corrected chi connectivity index (χ2v) is 4.19. The van der Waals surface area contributed by atoms with E-state index < -0.39 is 6.10 Å². The number of benzene rings is 1. The molecule has 18 heavy (non-hydrogen) atoms. The van der Waals surface area contributed by atoms with Gasteiger partial charge in [0.15, 0.2) is 6.10 Å². The first-order chi connectivity index (χ1) is 8.69. The van der Waals surface area contributed by atoms with E-state index in [1.165, 1.54) is 0 Å². The van der Waals surface area contributed by atoms with E-state index in [2.05, 4.69) is 10.6 Å². The SMILES string of the molecule is CCCNC(=O)C(C)Oc1ccccc1CNC. The molecule has 2 N–H and O–H groups in total. The van der Waals surface area contributed by atoms with Gasteiger partial charge in [-0.25, -0.2) is 0 Å². The van der Waals surface area contributed by atoms with E-state index in [1.807, 2.05) is 38.2 Å². The minimum atomic E-state index is -0.477. The molecule has 0 aliphatic heterocycles. The molecular weight excluding hydrogens is 228 g/mol. The molecule has 0 aliphatic rings. The Labute approximate surface area is 109 Å². The van der Waals surface area contributed by atoms with Crippen LogP contribution in [0.2, 0.25) is 0 Å². The molecule has 1 rings (SSSR count). The number of amides is 1. The van der Waals surface area contributed by atoms with E-state index in [-0.39, 0.29) is 5.91 Å². The fraction of sp³-hybridized carbons (Fsp3) is 0.500. The molecule has 0 aliphatic carbocycles. The van der Waals surface area contributed by atoms with Crippen molar-refractivity contribution in [3.8, 4) is 5.75 Å². The standard InChI is InChI=1S/C14H22N2O2/c1-4-9-16-14(17)11(2)18-13-8-6-5-7-12(13)10-15-3/h5-8,11,15H,4,9-10H2,1-3H3,(H,16,17). The van der Waals surface area contributed by atoms with Crippen molar-refractivity contribution in [2.45, 2.75) is 32.9 Å². The molecule has 1 amide bonds. The minimum Gasteiger partial charge on any atom is -0.481 e. The average molecular weight is 250 g/mol. The molecule has 100 valence electrons. The highest BCUT2D eigenvalue weighted by atomic mass is 16.5. The highest BCUT2D eigenvalue weighted by Gasteiger charge is 2.15. The molecule has 0 heterocycles. The molecule has 0 saturated carbocycles. The van der Waals surface area contributed by atoms with Crippen LogP contribution in [0.25, 0.3) is 0 Å². The minimum absolute atomic E-state index is 0.0730. The molecule has 1 atom stereocenters. The largest absolute Gasteiger partial charge is 0.481 e. The summed E-state index contributed by atoms with van der Waals surface area (Å²) in [7, 11) is 1.88. The number of ether oxygens (including phenoxy) is 1. The van der Waals surface area contributed by atoms with Crippen LogP contribution in [0.15, 0.2) is 24.3 Å². The third-order valence-corrected chi connectivity index (χ3v) is 2.56. The van der Waals surface area contributed by atoms with Gasteiger partial charge in [0, 0.05) is 18.7 Å². The Hall–Kier alpha value is -1.55. The van der Waals surface area contributed by atoms with E-state index in [0.717, 1.165) is 24.3 Å². The second kappa shape index (κ2) is 7.71. The van der Waals surface area contributed by atoms with Crippen molar-refractivity contribution in [3.05, 3.63) is 29.8 Å². The van der Waals surface area contributed by atoms with Crippen LogP contribution in [0.4, 0.5) is 0 Å². The Balaban J connectivity index is 2.63. The second-order valence-electron chi connectivity index (χ2n) is 4.19. The zero-order valence-corrected chi connectivity index (χ0v) is 11.3. The van der Waals surface area contributed by atoms with Gasteiger partial charge in [0.05, 0.1) is 0 Å². The van der Waals surface area contributed by atoms with Gasteiger partial charge in [-0.3, -0.25) is 4.79 Å². The van der Waals surface area contributed by atoms with Gasteiger partial charge in [0.1, 0.15) is 5.75 Å². The van der Waals surface area contributed by atoms with Crippen molar-refractivity contribution in [2.75, 3.05) is 13.6 Å². The monoisotopic (exact) mass is 250 g/mol. The van der Waals surface area contributed by atoms with Gasteiger partial charge in [0.25, 0.3) is 5.91 Å². The summed E-state index contributed by atoms with van der Waals surface area (Å²) in [6.45, 7) is 5.19. The Morgan fingerprint density at radius 3 is 2.78 bits per heavy atom. The average Bonchev–Trinajstić information content (AvgIpc) is 2.38. The highest BCUT2D eigenvalue weighted by Crippen LogP contribution is 2.19. The van der Waals surface area contributed by atoms with Gasteiger partial charge >= 0.3 is 0 Å². The lowest BCUT2D eigenvalue weighted by Crippen LogP contribution is -2.36. The van der Waals surface area contributed by atoms with Crippen LogP contribution >= 0.6 is 0 Å². The number of hydrogen-bond donors (Lipinski definition) is 2. The lowest BCUT2D eigenvalue weighted by molar-refractivity contribution is -0.127. The van der Waals surface area contributed by atoms with Crippen molar-refractivity contribution >= 4 is 5.91 Å². The van der Waals surface area contributed by atoms with Gasteiger partial charge in [-0.1, -0.05) is 25.1 Å². The summed E-state index contributed by atoms with van der Waals surface area (Å²) in [6, 6.07) is 7.74. The predicted octanol–water partition coefficient (Wildman–Crippen LogP) is 1.70.